The van der Waals surface area contributed by atoms with Gasteiger partial charge in [0.15, 0.2) is 0 Å². The lowest BCUT2D eigenvalue weighted by Crippen LogP contribution is -2.24. The van der Waals surface area contributed by atoms with Gasteiger partial charge < -0.3 is 5.11 Å². The molecule has 0 aromatic rings. The Balaban J connectivity index is 2.10. The summed E-state index contributed by atoms with van der Waals surface area (Å²) in [4.78, 5) is 0. The van der Waals surface area contributed by atoms with Gasteiger partial charge in [-0.25, -0.2) is 0 Å². The number of rotatable bonds is 2. The maximum atomic E-state index is 9.05. The van der Waals surface area contributed by atoms with Gasteiger partial charge in [-0.2, -0.15) is 0 Å². The highest BCUT2D eigenvalue weighted by Crippen LogP contribution is 2.42. The van der Waals surface area contributed by atoms with Gasteiger partial charge in [-0.15, -0.1) is 0 Å². The lowest BCUT2D eigenvalue weighted by Gasteiger charge is -2.36. The molecule has 0 radical (unpaired) electrons. The van der Waals surface area contributed by atoms with Crippen LogP contribution in [-0.2, 0) is 0 Å². The Morgan fingerprint density at radius 1 is 1.29 bits per heavy atom. The first-order valence-corrected chi connectivity index (χ1v) is 6.13. The van der Waals surface area contributed by atoms with Crippen LogP contribution in [-0.4, -0.2) is 11.7 Å². The molecular weight excluding hydrogens is 172 g/mol. The first-order chi connectivity index (χ1) is 6.81. The Kier molecular flexibility index (Phi) is 3.27. The Bertz CT molecular complexity index is 217. The summed E-state index contributed by atoms with van der Waals surface area (Å²) in [6.07, 6.45) is 10.4. The molecule has 0 heterocycles. The van der Waals surface area contributed by atoms with Crippen molar-refractivity contribution in [2.75, 3.05) is 6.61 Å². The van der Waals surface area contributed by atoms with Crippen LogP contribution in [0.3, 0.4) is 0 Å². The second-order valence-electron chi connectivity index (χ2n) is 5.06. The molecule has 1 heteroatoms. The van der Waals surface area contributed by atoms with Crippen molar-refractivity contribution >= 4 is 0 Å². The molecule has 1 saturated carbocycles. The monoisotopic (exact) mass is 194 g/mol. The van der Waals surface area contributed by atoms with Gasteiger partial charge in [0.05, 0.1) is 0 Å². The number of aliphatic hydroxyl groups is 1. The molecule has 0 spiro atoms. The van der Waals surface area contributed by atoms with Crippen LogP contribution in [0.15, 0.2) is 11.6 Å². The van der Waals surface area contributed by atoms with Gasteiger partial charge >= 0.3 is 0 Å². The Morgan fingerprint density at radius 2 is 2.14 bits per heavy atom. The minimum absolute atomic E-state index is 0.364. The molecule has 0 aromatic heterocycles. The van der Waals surface area contributed by atoms with Crippen molar-refractivity contribution in [3.63, 3.8) is 0 Å². The van der Waals surface area contributed by atoms with Gasteiger partial charge in [-0.05, 0) is 49.9 Å². The molecule has 0 bridgehead atoms. The van der Waals surface area contributed by atoms with Crippen molar-refractivity contribution in [1.82, 2.24) is 0 Å². The fourth-order valence-electron chi connectivity index (χ4n) is 3.20. The summed E-state index contributed by atoms with van der Waals surface area (Å²) in [5.74, 6) is 2.36. The van der Waals surface area contributed by atoms with Gasteiger partial charge in [0.2, 0.25) is 0 Å². The molecule has 2 aliphatic rings. The highest BCUT2D eigenvalue weighted by atomic mass is 16.3. The van der Waals surface area contributed by atoms with E-state index >= 15 is 0 Å². The summed E-state index contributed by atoms with van der Waals surface area (Å²) in [5.41, 5.74) is 1.70. The molecule has 3 atom stereocenters. The third kappa shape index (κ3) is 2.03. The molecule has 0 saturated heterocycles. The van der Waals surface area contributed by atoms with E-state index in [0.717, 1.165) is 18.3 Å². The van der Waals surface area contributed by atoms with Crippen molar-refractivity contribution in [3.05, 3.63) is 11.6 Å². The summed E-state index contributed by atoms with van der Waals surface area (Å²) in [5, 5.41) is 9.05. The van der Waals surface area contributed by atoms with Crippen molar-refractivity contribution in [3.8, 4) is 0 Å². The summed E-state index contributed by atoms with van der Waals surface area (Å²) < 4.78 is 0. The highest BCUT2D eigenvalue weighted by Gasteiger charge is 2.29. The third-order valence-electron chi connectivity index (χ3n) is 3.97. The number of aliphatic hydroxyl groups excluding tert-OH is 1. The van der Waals surface area contributed by atoms with Crippen LogP contribution in [0.2, 0.25) is 0 Å². The molecule has 14 heavy (non-hydrogen) atoms. The van der Waals surface area contributed by atoms with E-state index < -0.39 is 0 Å². The zero-order valence-corrected chi connectivity index (χ0v) is 9.21. The quantitative estimate of drug-likeness (QED) is 0.670. The van der Waals surface area contributed by atoms with E-state index in [2.05, 4.69) is 13.0 Å². The molecule has 1 fully saturated rings. The lowest BCUT2D eigenvalue weighted by atomic mass is 9.69. The standard InChI is InChI=1S/C13H22O/c1-10-5-6-11-3-2-4-12(7-8-14)13(11)9-10/h9-12,14H,2-8H2,1H3. The van der Waals surface area contributed by atoms with E-state index in [1.807, 2.05) is 0 Å². The maximum Gasteiger partial charge on any atom is 0.0436 e. The topological polar surface area (TPSA) is 20.2 Å². The number of allylic oxidation sites excluding steroid dienone is 2. The first-order valence-electron chi connectivity index (χ1n) is 6.13. The predicted octanol–water partition coefficient (Wildman–Crippen LogP) is 3.14. The Morgan fingerprint density at radius 3 is 2.93 bits per heavy atom. The van der Waals surface area contributed by atoms with E-state index in [9.17, 15) is 0 Å². The van der Waals surface area contributed by atoms with Gasteiger partial charge in [0.25, 0.3) is 0 Å². The number of hydrogen-bond acceptors (Lipinski definition) is 1. The second kappa shape index (κ2) is 4.48. The van der Waals surface area contributed by atoms with Gasteiger partial charge in [-0.1, -0.05) is 25.0 Å². The van der Waals surface area contributed by atoms with E-state index in [-0.39, 0.29) is 0 Å². The zero-order chi connectivity index (χ0) is 9.97. The predicted molar refractivity (Wildman–Crippen MR) is 59.0 cm³/mol. The van der Waals surface area contributed by atoms with E-state index in [1.54, 1.807) is 5.57 Å². The number of hydrogen-bond donors (Lipinski definition) is 1. The summed E-state index contributed by atoms with van der Waals surface area (Å²) in [7, 11) is 0. The zero-order valence-electron chi connectivity index (χ0n) is 9.21. The van der Waals surface area contributed by atoms with Crippen LogP contribution < -0.4 is 0 Å². The molecular formula is C13H22O. The van der Waals surface area contributed by atoms with E-state index in [0.29, 0.717) is 12.5 Å². The fraction of sp³-hybridized carbons (Fsp3) is 0.846. The van der Waals surface area contributed by atoms with Crippen LogP contribution in [0.4, 0.5) is 0 Å². The van der Waals surface area contributed by atoms with Crippen LogP contribution in [0, 0.1) is 17.8 Å². The van der Waals surface area contributed by atoms with Crippen LogP contribution >= 0.6 is 0 Å². The van der Waals surface area contributed by atoms with Crippen molar-refractivity contribution in [2.24, 2.45) is 17.8 Å². The average Bonchev–Trinajstić information content (AvgIpc) is 2.19. The summed E-state index contributed by atoms with van der Waals surface area (Å²) in [6.45, 7) is 2.69. The molecule has 2 rings (SSSR count). The molecule has 2 aliphatic carbocycles. The molecule has 0 aromatic carbocycles. The van der Waals surface area contributed by atoms with E-state index in [1.165, 1.54) is 32.1 Å². The molecule has 80 valence electrons. The van der Waals surface area contributed by atoms with Gasteiger partial charge in [0, 0.05) is 6.61 Å². The normalized spacial score (nSPS) is 37.6. The fourth-order valence-corrected chi connectivity index (χ4v) is 3.20. The smallest absolute Gasteiger partial charge is 0.0436 e. The van der Waals surface area contributed by atoms with Gasteiger partial charge in [-0.3, -0.25) is 0 Å². The molecule has 1 N–H and O–H groups in total. The Labute approximate surface area is 87.2 Å². The molecule has 0 aliphatic heterocycles. The maximum absolute atomic E-state index is 9.05. The first kappa shape index (κ1) is 10.2. The summed E-state index contributed by atoms with van der Waals surface area (Å²) >= 11 is 0. The largest absolute Gasteiger partial charge is 0.396 e. The number of fused-ring (bicyclic) bond motifs is 1. The second-order valence-corrected chi connectivity index (χ2v) is 5.06. The van der Waals surface area contributed by atoms with Crippen LogP contribution in [0.25, 0.3) is 0 Å². The Hall–Kier alpha value is -0.300. The van der Waals surface area contributed by atoms with Crippen LogP contribution in [0.1, 0.15) is 45.4 Å². The van der Waals surface area contributed by atoms with Crippen LogP contribution in [0.5, 0.6) is 0 Å². The van der Waals surface area contributed by atoms with Gasteiger partial charge in [0.1, 0.15) is 0 Å². The minimum atomic E-state index is 0.364. The van der Waals surface area contributed by atoms with Crippen molar-refractivity contribution in [2.45, 2.75) is 45.4 Å². The minimum Gasteiger partial charge on any atom is -0.396 e. The molecule has 3 unspecified atom stereocenters. The lowest BCUT2D eigenvalue weighted by molar-refractivity contribution is 0.233. The van der Waals surface area contributed by atoms with Crippen molar-refractivity contribution in [1.29, 1.82) is 0 Å². The molecule has 1 nitrogen and oxygen atoms in total. The third-order valence-corrected chi connectivity index (χ3v) is 3.97. The highest BCUT2D eigenvalue weighted by molar-refractivity contribution is 5.17. The van der Waals surface area contributed by atoms with E-state index in [4.69, 9.17) is 5.11 Å². The van der Waals surface area contributed by atoms with Crippen molar-refractivity contribution < 1.29 is 5.11 Å². The average molecular weight is 194 g/mol. The SMILES string of the molecule is CC1C=C2C(CCO)CCCC2CC1. The summed E-state index contributed by atoms with van der Waals surface area (Å²) in [6, 6.07) is 0. The molecule has 0 amide bonds.